The van der Waals surface area contributed by atoms with Crippen molar-refractivity contribution in [3.05, 3.63) is 0 Å². The van der Waals surface area contributed by atoms with E-state index < -0.39 is 10.2 Å². The second kappa shape index (κ2) is 8.57. The molecule has 1 aliphatic heterocycles. The standard InChI is InChI=1S/C14H29ClN2O2S/c1-4-5-7-10-16(13(2)3)20(18,19)17-11-8-6-9-14(17)12-15/h13-14H,4-12H2,1-3H3. The van der Waals surface area contributed by atoms with Crippen molar-refractivity contribution in [1.29, 1.82) is 0 Å². The predicted molar refractivity (Wildman–Crippen MR) is 85.4 cm³/mol. The molecule has 120 valence electrons. The van der Waals surface area contributed by atoms with Crippen LogP contribution in [0.1, 0.15) is 59.3 Å². The maximum atomic E-state index is 12.9. The van der Waals surface area contributed by atoms with Crippen LogP contribution in [-0.4, -0.2) is 48.1 Å². The summed E-state index contributed by atoms with van der Waals surface area (Å²) in [5.41, 5.74) is 0. The third-order valence-corrected chi connectivity index (χ3v) is 6.53. The van der Waals surface area contributed by atoms with Crippen molar-refractivity contribution in [1.82, 2.24) is 8.61 Å². The van der Waals surface area contributed by atoms with Crippen molar-refractivity contribution in [3.8, 4) is 0 Å². The lowest BCUT2D eigenvalue weighted by Gasteiger charge is -2.38. The fourth-order valence-electron chi connectivity index (χ4n) is 2.72. The number of hydrogen-bond acceptors (Lipinski definition) is 2. The van der Waals surface area contributed by atoms with Crippen molar-refractivity contribution in [2.45, 2.75) is 71.4 Å². The van der Waals surface area contributed by atoms with Crippen LogP contribution in [0.5, 0.6) is 0 Å². The summed E-state index contributed by atoms with van der Waals surface area (Å²) >= 11 is 5.97. The first-order valence-electron chi connectivity index (χ1n) is 7.79. The Morgan fingerprint density at radius 1 is 1.30 bits per heavy atom. The first-order chi connectivity index (χ1) is 9.45. The monoisotopic (exact) mass is 324 g/mol. The molecule has 0 aromatic heterocycles. The molecule has 1 saturated heterocycles. The van der Waals surface area contributed by atoms with E-state index in [0.717, 1.165) is 38.5 Å². The van der Waals surface area contributed by atoms with E-state index in [0.29, 0.717) is 19.0 Å². The molecule has 1 fully saturated rings. The molecule has 0 bridgehead atoms. The minimum absolute atomic E-state index is 0.00485. The van der Waals surface area contributed by atoms with Gasteiger partial charge in [0.25, 0.3) is 10.2 Å². The number of alkyl halides is 1. The molecular formula is C14H29ClN2O2S. The molecule has 0 spiro atoms. The quantitative estimate of drug-likeness (QED) is 0.508. The highest BCUT2D eigenvalue weighted by molar-refractivity contribution is 7.86. The summed E-state index contributed by atoms with van der Waals surface area (Å²) in [7, 11) is -3.38. The zero-order valence-corrected chi connectivity index (χ0v) is 14.6. The summed E-state index contributed by atoms with van der Waals surface area (Å²) in [5.74, 6) is 0.389. The van der Waals surface area contributed by atoms with Crippen LogP contribution in [0.2, 0.25) is 0 Å². The van der Waals surface area contributed by atoms with Gasteiger partial charge in [-0.15, -0.1) is 11.6 Å². The SMILES string of the molecule is CCCCCN(C(C)C)S(=O)(=O)N1CCCCC1CCl. The molecule has 1 atom stereocenters. The molecule has 1 heterocycles. The fraction of sp³-hybridized carbons (Fsp3) is 1.00. The van der Waals surface area contributed by atoms with Gasteiger partial charge in [0, 0.05) is 31.1 Å². The first-order valence-corrected chi connectivity index (χ1v) is 9.72. The third kappa shape index (κ3) is 4.58. The second-order valence-electron chi connectivity index (χ2n) is 5.83. The van der Waals surface area contributed by atoms with E-state index in [9.17, 15) is 8.42 Å². The van der Waals surface area contributed by atoms with E-state index >= 15 is 0 Å². The summed E-state index contributed by atoms with van der Waals surface area (Å²) < 4.78 is 29.0. The first kappa shape index (κ1) is 18.2. The Kier molecular flexibility index (Phi) is 7.80. The number of rotatable bonds is 8. The van der Waals surface area contributed by atoms with Crippen molar-refractivity contribution < 1.29 is 8.42 Å². The molecule has 6 heteroatoms. The highest BCUT2D eigenvalue weighted by Crippen LogP contribution is 2.25. The summed E-state index contributed by atoms with van der Waals surface area (Å²) in [5, 5.41) is 0. The minimum Gasteiger partial charge on any atom is -0.195 e. The van der Waals surface area contributed by atoms with E-state index in [2.05, 4.69) is 6.92 Å². The van der Waals surface area contributed by atoms with Gasteiger partial charge in [0.1, 0.15) is 0 Å². The molecule has 0 aromatic carbocycles. The largest absolute Gasteiger partial charge is 0.282 e. The van der Waals surface area contributed by atoms with Gasteiger partial charge in [-0.25, -0.2) is 0 Å². The van der Waals surface area contributed by atoms with Gasteiger partial charge in [-0.3, -0.25) is 0 Å². The van der Waals surface area contributed by atoms with E-state index in [4.69, 9.17) is 11.6 Å². The van der Waals surface area contributed by atoms with Crippen LogP contribution in [0.3, 0.4) is 0 Å². The van der Waals surface area contributed by atoms with Crippen LogP contribution in [0.4, 0.5) is 0 Å². The topological polar surface area (TPSA) is 40.6 Å². The molecule has 4 nitrogen and oxygen atoms in total. The average molecular weight is 325 g/mol. The van der Waals surface area contributed by atoms with Gasteiger partial charge >= 0.3 is 0 Å². The maximum Gasteiger partial charge on any atom is 0.282 e. The number of halogens is 1. The summed E-state index contributed by atoms with van der Waals surface area (Å²) in [6.45, 7) is 7.24. The van der Waals surface area contributed by atoms with Crippen LogP contribution < -0.4 is 0 Å². The number of hydrogen-bond donors (Lipinski definition) is 0. The molecule has 1 unspecified atom stereocenters. The van der Waals surface area contributed by atoms with Crippen molar-refractivity contribution in [2.24, 2.45) is 0 Å². The van der Waals surface area contributed by atoms with Gasteiger partial charge in [0.2, 0.25) is 0 Å². The Bertz CT molecular complexity index is 373. The van der Waals surface area contributed by atoms with E-state index in [1.807, 2.05) is 13.8 Å². The molecule has 0 amide bonds. The van der Waals surface area contributed by atoms with Crippen LogP contribution >= 0.6 is 11.6 Å². The zero-order valence-electron chi connectivity index (χ0n) is 13.0. The van der Waals surface area contributed by atoms with Crippen molar-refractivity contribution in [2.75, 3.05) is 19.0 Å². The van der Waals surface area contributed by atoms with Gasteiger partial charge in [0.05, 0.1) is 0 Å². The number of nitrogens with zero attached hydrogens (tertiary/aromatic N) is 2. The van der Waals surface area contributed by atoms with Gasteiger partial charge in [-0.2, -0.15) is 17.0 Å². The Morgan fingerprint density at radius 2 is 2.00 bits per heavy atom. The predicted octanol–water partition coefficient (Wildman–Crippen LogP) is 3.23. The lowest BCUT2D eigenvalue weighted by Crippen LogP contribution is -2.53. The van der Waals surface area contributed by atoms with E-state index in [1.165, 1.54) is 0 Å². The van der Waals surface area contributed by atoms with Crippen molar-refractivity contribution in [3.63, 3.8) is 0 Å². The van der Waals surface area contributed by atoms with Gasteiger partial charge in [-0.05, 0) is 33.1 Å². The van der Waals surface area contributed by atoms with Gasteiger partial charge in [-0.1, -0.05) is 26.2 Å². The minimum atomic E-state index is -3.38. The molecule has 0 N–H and O–H groups in total. The van der Waals surface area contributed by atoms with Crippen molar-refractivity contribution >= 4 is 21.8 Å². The number of unbranched alkanes of at least 4 members (excludes halogenated alkanes) is 2. The van der Waals surface area contributed by atoms with Crippen LogP contribution in [-0.2, 0) is 10.2 Å². The smallest absolute Gasteiger partial charge is 0.195 e. The maximum absolute atomic E-state index is 12.9. The Balaban J connectivity index is 2.85. The Hall–Kier alpha value is 0.160. The molecule has 0 saturated carbocycles. The van der Waals surface area contributed by atoms with Crippen LogP contribution in [0.15, 0.2) is 0 Å². The highest BCUT2D eigenvalue weighted by atomic mass is 35.5. The van der Waals surface area contributed by atoms with Crippen LogP contribution in [0.25, 0.3) is 0 Å². The third-order valence-electron chi connectivity index (χ3n) is 3.90. The second-order valence-corrected chi connectivity index (χ2v) is 7.98. The van der Waals surface area contributed by atoms with Crippen LogP contribution in [0, 0.1) is 0 Å². The molecule has 20 heavy (non-hydrogen) atoms. The summed E-state index contributed by atoms with van der Waals surface area (Å²) in [6.07, 6.45) is 5.98. The fourth-order valence-corrected chi connectivity index (χ4v) is 5.21. The normalized spacial score (nSPS) is 21.8. The zero-order chi connectivity index (χ0) is 15.2. The van der Waals surface area contributed by atoms with E-state index in [1.54, 1.807) is 8.61 Å². The molecule has 0 aliphatic carbocycles. The summed E-state index contributed by atoms with van der Waals surface area (Å²) in [4.78, 5) is 0. The average Bonchev–Trinajstić information content (AvgIpc) is 2.42. The molecular weight excluding hydrogens is 296 g/mol. The Morgan fingerprint density at radius 3 is 2.55 bits per heavy atom. The van der Waals surface area contributed by atoms with Gasteiger partial charge < -0.3 is 0 Å². The summed E-state index contributed by atoms with van der Waals surface area (Å²) in [6, 6.07) is -0.0439. The highest BCUT2D eigenvalue weighted by Gasteiger charge is 2.36. The number of piperidine rings is 1. The molecule has 1 rings (SSSR count). The molecule has 0 aromatic rings. The van der Waals surface area contributed by atoms with E-state index in [-0.39, 0.29) is 12.1 Å². The molecule has 1 aliphatic rings. The van der Waals surface area contributed by atoms with Gasteiger partial charge in [0.15, 0.2) is 0 Å². The Labute approximate surface area is 129 Å². The molecule has 0 radical (unpaired) electrons. The lowest BCUT2D eigenvalue weighted by atomic mass is 10.1. The lowest BCUT2D eigenvalue weighted by molar-refractivity contribution is 0.234.